The molecule has 0 bridgehead atoms. The number of nitrogens with zero attached hydrogens (tertiary/aromatic N) is 5. The number of benzene rings is 6. The van der Waals surface area contributed by atoms with Crippen LogP contribution in [0.15, 0.2) is 152 Å². The molecule has 0 aliphatic heterocycles. The van der Waals surface area contributed by atoms with E-state index in [1.165, 1.54) is 10.9 Å². The van der Waals surface area contributed by atoms with Crippen molar-refractivity contribution < 1.29 is 0 Å². The molecule has 47 heavy (non-hydrogen) atoms. The first-order valence-electron chi connectivity index (χ1n) is 15.7. The molecule has 0 amide bonds. The molecule has 9 aromatic rings. The van der Waals surface area contributed by atoms with Crippen LogP contribution in [0.4, 0.5) is 0 Å². The zero-order chi connectivity index (χ0) is 30.9. The Kier molecular flexibility index (Phi) is 5.51. The molecule has 10 rings (SSSR count). The highest BCUT2D eigenvalue weighted by atomic mass is 15.0. The highest BCUT2D eigenvalue weighted by Crippen LogP contribution is 2.46. The zero-order valence-corrected chi connectivity index (χ0v) is 25.2. The van der Waals surface area contributed by atoms with E-state index in [1.807, 2.05) is 6.07 Å². The second-order valence-corrected chi connectivity index (χ2v) is 11.9. The predicted octanol–water partition coefficient (Wildman–Crippen LogP) is 10.2. The molecule has 0 spiro atoms. The van der Waals surface area contributed by atoms with Crippen LogP contribution < -0.4 is 0 Å². The van der Waals surface area contributed by atoms with Gasteiger partial charge in [-0.3, -0.25) is 0 Å². The third kappa shape index (κ3) is 3.97. The maximum atomic E-state index is 5.18. The van der Waals surface area contributed by atoms with E-state index in [9.17, 15) is 0 Å². The van der Waals surface area contributed by atoms with E-state index in [2.05, 4.69) is 150 Å². The molecule has 0 N–H and O–H groups in total. The Morgan fingerprint density at radius 1 is 0.383 bits per heavy atom. The van der Waals surface area contributed by atoms with Gasteiger partial charge in [-0.15, -0.1) is 0 Å². The third-order valence-corrected chi connectivity index (χ3v) is 9.19. The van der Waals surface area contributed by atoms with Gasteiger partial charge in [0.1, 0.15) is 0 Å². The van der Waals surface area contributed by atoms with Gasteiger partial charge < -0.3 is 4.57 Å². The highest BCUT2D eigenvalue weighted by Gasteiger charge is 2.28. The van der Waals surface area contributed by atoms with Crippen molar-refractivity contribution in [2.75, 3.05) is 0 Å². The van der Waals surface area contributed by atoms with Crippen LogP contribution in [0.1, 0.15) is 0 Å². The lowest BCUT2D eigenvalue weighted by Crippen LogP contribution is -1.98. The second-order valence-electron chi connectivity index (χ2n) is 11.9. The summed E-state index contributed by atoms with van der Waals surface area (Å²) in [4.78, 5) is 20.5. The molecule has 0 radical (unpaired) electrons. The third-order valence-electron chi connectivity index (χ3n) is 9.19. The van der Waals surface area contributed by atoms with Crippen molar-refractivity contribution in [3.8, 4) is 62.1 Å². The number of rotatable bonds is 4. The molecule has 5 nitrogen and oxygen atoms in total. The van der Waals surface area contributed by atoms with Gasteiger partial charge in [-0.2, -0.15) is 0 Å². The van der Waals surface area contributed by atoms with E-state index in [-0.39, 0.29) is 0 Å². The minimum atomic E-state index is 0.651. The van der Waals surface area contributed by atoms with Crippen LogP contribution in [0.5, 0.6) is 0 Å². The fraction of sp³-hybridized carbons (Fsp3) is 0. The normalized spacial score (nSPS) is 11.8. The van der Waals surface area contributed by atoms with Crippen LogP contribution in [0.2, 0.25) is 0 Å². The Labute approximate surface area is 270 Å². The lowest BCUT2D eigenvalue weighted by atomic mass is 10.0. The van der Waals surface area contributed by atoms with Crippen molar-refractivity contribution >= 4 is 32.8 Å². The summed E-state index contributed by atoms with van der Waals surface area (Å²) >= 11 is 0. The molecular weight excluding hydrogens is 574 g/mol. The molecule has 0 saturated heterocycles. The van der Waals surface area contributed by atoms with Crippen LogP contribution in [-0.2, 0) is 0 Å². The number of para-hydroxylation sites is 2. The van der Waals surface area contributed by atoms with Gasteiger partial charge in [-0.25, -0.2) is 19.9 Å². The maximum Gasteiger partial charge on any atom is 0.168 e. The van der Waals surface area contributed by atoms with E-state index >= 15 is 0 Å². The minimum Gasteiger partial charge on any atom is -0.309 e. The molecule has 0 saturated carbocycles. The molecule has 218 valence electrons. The Morgan fingerprint density at radius 3 is 1.64 bits per heavy atom. The molecule has 0 atom stereocenters. The average molecular weight is 600 g/mol. The van der Waals surface area contributed by atoms with Crippen LogP contribution in [-0.4, -0.2) is 24.5 Å². The number of aromatic nitrogens is 5. The highest BCUT2D eigenvalue weighted by molar-refractivity contribution is 6.12. The number of hydrogen-bond donors (Lipinski definition) is 0. The zero-order valence-electron chi connectivity index (χ0n) is 25.2. The van der Waals surface area contributed by atoms with Crippen LogP contribution in [0.25, 0.3) is 94.9 Å². The largest absolute Gasteiger partial charge is 0.309 e. The van der Waals surface area contributed by atoms with Gasteiger partial charge in [0, 0.05) is 38.7 Å². The van der Waals surface area contributed by atoms with Crippen LogP contribution >= 0.6 is 0 Å². The first kappa shape index (κ1) is 25.8. The summed E-state index contributed by atoms with van der Waals surface area (Å²) in [7, 11) is 0. The second kappa shape index (κ2) is 10.0. The molecule has 3 aromatic heterocycles. The quantitative estimate of drug-likeness (QED) is 0.202. The van der Waals surface area contributed by atoms with Gasteiger partial charge in [-0.1, -0.05) is 115 Å². The summed E-state index contributed by atoms with van der Waals surface area (Å²) in [5.74, 6) is 1.30. The minimum absolute atomic E-state index is 0.651. The molecule has 0 unspecified atom stereocenters. The Morgan fingerprint density at radius 2 is 0.915 bits per heavy atom. The summed E-state index contributed by atoms with van der Waals surface area (Å²) in [5, 5.41) is 3.25. The molecule has 6 aromatic carbocycles. The van der Waals surface area contributed by atoms with Gasteiger partial charge >= 0.3 is 0 Å². The predicted molar refractivity (Wildman–Crippen MR) is 190 cm³/mol. The summed E-state index contributed by atoms with van der Waals surface area (Å²) in [6, 6.07) is 52.8. The van der Waals surface area contributed by atoms with E-state index in [0.717, 1.165) is 66.7 Å². The lowest BCUT2D eigenvalue weighted by molar-refractivity contribution is 1.16. The van der Waals surface area contributed by atoms with Crippen molar-refractivity contribution in [3.63, 3.8) is 0 Å². The SMILES string of the molecule is c1ccc(-c2ccc(-c3nc4c5c(nc(-c6ccc7c(c6)c6ccccc6n7-c6ccccc6)nc5n3)-c3ccccc3-4)cc2)cc1. The van der Waals surface area contributed by atoms with Gasteiger partial charge in [0.15, 0.2) is 17.3 Å². The fourth-order valence-electron chi connectivity index (χ4n) is 6.99. The summed E-state index contributed by atoms with van der Waals surface area (Å²) in [5.41, 5.74) is 12.2. The smallest absolute Gasteiger partial charge is 0.168 e. The number of hydrogen-bond acceptors (Lipinski definition) is 4. The van der Waals surface area contributed by atoms with Crippen LogP contribution in [0, 0.1) is 0 Å². The van der Waals surface area contributed by atoms with Crippen molar-refractivity contribution in [1.82, 2.24) is 24.5 Å². The van der Waals surface area contributed by atoms with E-state index < -0.39 is 0 Å². The maximum absolute atomic E-state index is 5.18. The molecular formula is C42H25N5. The van der Waals surface area contributed by atoms with Gasteiger partial charge in [0.25, 0.3) is 0 Å². The van der Waals surface area contributed by atoms with E-state index in [0.29, 0.717) is 17.3 Å². The van der Waals surface area contributed by atoms with Crippen molar-refractivity contribution in [2.24, 2.45) is 0 Å². The average Bonchev–Trinajstić information content (AvgIpc) is 3.65. The van der Waals surface area contributed by atoms with Gasteiger partial charge in [0.05, 0.1) is 27.8 Å². The van der Waals surface area contributed by atoms with Crippen molar-refractivity contribution in [3.05, 3.63) is 152 Å². The molecule has 3 heterocycles. The number of fused-ring (bicyclic) bond motifs is 6. The standard InChI is InChI=1S/C42H25N5/c1-3-11-26(12-4-1)27-19-21-28(22-20-27)40-43-38-32-16-7-8-17-33(32)39-37(38)42(45-40)46-41(44-39)29-23-24-36-34(25-29)31-15-9-10-18-35(31)47(36)30-13-5-2-6-14-30/h1-25H. The Hall–Kier alpha value is -6.46. The van der Waals surface area contributed by atoms with E-state index in [4.69, 9.17) is 19.9 Å². The van der Waals surface area contributed by atoms with Crippen molar-refractivity contribution in [1.29, 1.82) is 0 Å². The van der Waals surface area contributed by atoms with Gasteiger partial charge in [0.2, 0.25) is 0 Å². The Bertz CT molecular complexity index is 2660. The lowest BCUT2D eigenvalue weighted by Gasteiger charge is -2.09. The fourth-order valence-corrected chi connectivity index (χ4v) is 6.99. The first-order chi connectivity index (χ1) is 23.3. The first-order valence-corrected chi connectivity index (χ1v) is 15.7. The monoisotopic (exact) mass is 599 g/mol. The van der Waals surface area contributed by atoms with Crippen LogP contribution in [0.3, 0.4) is 0 Å². The van der Waals surface area contributed by atoms with Crippen molar-refractivity contribution in [2.45, 2.75) is 0 Å². The Balaban J connectivity index is 1.16. The summed E-state index contributed by atoms with van der Waals surface area (Å²) in [6.07, 6.45) is 0. The van der Waals surface area contributed by atoms with E-state index in [1.54, 1.807) is 0 Å². The van der Waals surface area contributed by atoms with Gasteiger partial charge in [-0.05, 0) is 47.5 Å². The summed E-state index contributed by atoms with van der Waals surface area (Å²) < 4.78 is 2.32. The molecule has 5 heteroatoms. The topological polar surface area (TPSA) is 56.5 Å². The molecule has 1 aliphatic carbocycles. The summed E-state index contributed by atoms with van der Waals surface area (Å²) in [6.45, 7) is 0. The molecule has 1 aliphatic rings. The molecule has 0 fully saturated rings.